The van der Waals surface area contributed by atoms with E-state index in [9.17, 15) is 27.6 Å². The van der Waals surface area contributed by atoms with Crippen LogP contribution in [0.2, 0.25) is 0 Å². The van der Waals surface area contributed by atoms with Crippen molar-refractivity contribution >= 4 is 23.5 Å². The number of carbonyl (C=O) groups excluding carboxylic acids is 3. The molecule has 5 rings (SSSR count). The first-order chi connectivity index (χ1) is 13.7. The van der Waals surface area contributed by atoms with Crippen LogP contribution in [0, 0.1) is 17.2 Å². The van der Waals surface area contributed by atoms with Crippen molar-refractivity contribution in [2.24, 2.45) is 5.92 Å². The van der Waals surface area contributed by atoms with Gasteiger partial charge in [-0.15, -0.1) is 0 Å². The number of anilines is 1. The predicted molar refractivity (Wildman–Crippen MR) is 91.3 cm³/mol. The summed E-state index contributed by atoms with van der Waals surface area (Å²) in [6, 6.07) is 1.97. The fourth-order valence-corrected chi connectivity index (χ4v) is 4.72. The molecule has 0 aromatic heterocycles. The molecule has 1 aliphatic carbocycles. The second-order valence-corrected chi connectivity index (χ2v) is 7.87. The van der Waals surface area contributed by atoms with E-state index in [0.717, 1.165) is 23.8 Å². The molecule has 4 amide bonds. The van der Waals surface area contributed by atoms with Gasteiger partial charge >= 0.3 is 12.2 Å². The van der Waals surface area contributed by atoms with Crippen molar-refractivity contribution < 1.29 is 27.6 Å². The largest absolute Gasteiger partial charge is 0.417 e. The average Bonchev–Trinajstić information content (AvgIpc) is 3.27. The maximum absolute atomic E-state index is 13.3. The summed E-state index contributed by atoms with van der Waals surface area (Å²) < 4.78 is 39.9. The Labute approximate surface area is 163 Å². The molecule has 2 bridgehead atoms. The monoisotopic (exact) mass is 404 g/mol. The number of amides is 4. The Morgan fingerprint density at radius 2 is 1.93 bits per heavy atom. The molecule has 7 nitrogen and oxygen atoms in total. The molecule has 3 saturated heterocycles. The molecule has 3 aliphatic heterocycles. The summed E-state index contributed by atoms with van der Waals surface area (Å²) in [6.07, 6.45) is -2.64. The Bertz CT molecular complexity index is 997. The molecule has 1 aromatic rings. The van der Waals surface area contributed by atoms with E-state index in [1.165, 1.54) is 17.0 Å². The van der Waals surface area contributed by atoms with Crippen LogP contribution in [0.25, 0.3) is 0 Å². The van der Waals surface area contributed by atoms with E-state index >= 15 is 0 Å². The van der Waals surface area contributed by atoms with Crippen molar-refractivity contribution in [1.29, 1.82) is 5.26 Å². The third kappa shape index (κ3) is 2.46. The molecule has 1 unspecified atom stereocenters. The van der Waals surface area contributed by atoms with Gasteiger partial charge in [0.05, 0.1) is 35.0 Å². The van der Waals surface area contributed by atoms with Crippen molar-refractivity contribution in [3.05, 3.63) is 29.3 Å². The molecule has 29 heavy (non-hydrogen) atoms. The first-order valence-electron chi connectivity index (χ1n) is 9.30. The Balaban J connectivity index is 1.49. The maximum Gasteiger partial charge on any atom is 0.417 e. The standard InChI is InChI=1S/C19H15F3N4O3/c20-19(21,22)13-5-11(4-3-10(13)7-23)26-17(28)15-14-6-12(25(15)18(26)29)8-24(14)16(27)9-1-2-9/h3-5,9,12,14-15H,1-2,6,8H2/t12-,14?,15+/m1/s1. The van der Waals surface area contributed by atoms with Gasteiger partial charge in [-0.1, -0.05) is 0 Å². The van der Waals surface area contributed by atoms with Crippen LogP contribution in [0.15, 0.2) is 18.2 Å². The van der Waals surface area contributed by atoms with Crippen molar-refractivity contribution in [2.45, 2.75) is 43.6 Å². The van der Waals surface area contributed by atoms with Gasteiger partial charge in [0.1, 0.15) is 6.04 Å². The maximum atomic E-state index is 13.3. The van der Waals surface area contributed by atoms with E-state index < -0.39 is 41.3 Å². The Morgan fingerprint density at radius 1 is 1.21 bits per heavy atom. The molecule has 3 heterocycles. The van der Waals surface area contributed by atoms with Gasteiger partial charge in [0.15, 0.2) is 0 Å². The van der Waals surface area contributed by atoms with Crippen LogP contribution >= 0.6 is 0 Å². The summed E-state index contributed by atoms with van der Waals surface area (Å²) in [5.74, 6) is -0.652. The predicted octanol–water partition coefficient (Wildman–Crippen LogP) is 2.11. The van der Waals surface area contributed by atoms with E-state index in [2.05, 4.69) is 0 Å². The van der Waals surface area contributed by atoms with Crippen molar-refractivity contribution in [3.63, 3.8) is 0 Å². The SMILES string of the molecule is N#Cc1ccc(N2C(=O)[C@@H]3C4C[C@H](CN4C(=O)C4CC4)N3C2=O)cc1C(F)(F)F. The molecule has 3 atom stereocenters. The molecule has 0 N–H and O–H groups in total. The third-order valence-electron chi connectivity index (χ3n) is 6.16. The third-order valence-corrected chi connectivity index (χ3v) is 6.16. The fourth-order valence-electron chi connectivity index (χ4n) is 4.72. The van der Waals surface area contributed by atoms with Gasteiger partial charge in [0.25, 0.3) is 5.91 Å². The molecular formula is C19H15F3N4O3. The van der Waals surface area contributed by atoms with Crippen LogP contribution in [-0.2, 0) is 15.8 Å². The first-order valence-corrected chi connectivity index (χ1v) is 9.30. The molecule has 1 saturated carbocycles. The highest BCUT2D eigenvalue weighted by molar-refractivity contribution is 6.22. The molecule has 0 radical (unpaired) electrons. The van der Waals surface area contributed by atoms with Gasteiger partial charge in [0, 0.05) is 12.5 Å². The second-order valence-electron chi connectivity index (χ2n) is 7.87. The van der Waals surface area contributed by atoms with E-state index in [1.807, 2.05) is 0 Å². The molecular weight excluding hydrogens is 389 g/mol. The summed E-state index contributed by atoms with van der Waals surface area (Å²) in [4.78, 5) is 42.2. The lowest BCUT2D eigenvalue weighted by Crippen LogP contribution is -2.55. The van der Waals surface area contributed by atoms with Gasteiger partial charge < -0.3 is 9.80 Å². The van der Waals surface area contributed by atoms with E-state index in [0.29, 0.717) is 19.0 Å². The minimum atomic E-state index is -4.80. The van der Waals surface area contributed by atoms with Gasteiger partial charge in [-0.25, -0.2) is 9.69 Å². The van der Waals surface area contributed by atoms with Gasteiger partial charge in [-0.2, -0.15) is 18.4 Å². The molecule has 4 aliphatic rings. The van der Waals surface area contributed by atoms with Crippen LogP contribution in [0.3, 0.4) is 0 Å². The number of rotatable bonds is 2. The highest BCUT2D eigenvalue weighted by Crippen LogP contribution is 2.45. The first kappa shape index (κ1) is 18.0. The number of fused-ring (bicyclic) bond motifs is 5. The zero-order chi connectivity index (χ0) is 20.7. The number of hydrogen-bond donors (Lipinski definition) is 0. The smallest absolute Gasteiger partial charge is 0.335 e. The summed E-state index contributed by atoms with van der Waals surface area (Å²) in [7, 11) is 0. The fraction of sp³-hybridized carbons (Fsp3) is 0.474. The van der Waals surface area contributed by atoms with E-state index in [-0.39, 0.29) is 23.6 Å². The van der Waals surface area contributed by atoms with E-state index in [4.69, 9.17) is 5.26 Å². The lowest BCUT2D eigenvalue weighted by Gasteiger charge is -2.35. The average molecular weight is 404 g/mol. The van der Waals surface area contributed by atoms with Crippen molar-refractivity contribution in [3.8, 4) is 6.07 Å². The number of likely N-dealkylation sites (tertiary alicyclic amines) is 1. The zero-order valence-electron chi connectivity index (χ0n) is 15.0. The van der Waals surface area contributed by atoms with E-state index in [1.54, 1.807) is 4.90 Å². The van der Waals surface area contributed by atoms with Crippen molar-refractivity contribution in [2.75, 3.05) is 11.4 Å². The van der Waals surface area contributed by atoms with Crippen LogP contribution in [-0.4, -0.2) is 52.3 Å². The minimum absolute atomic E-state index is 0.00594. The minimum Gasteiger partial charge on any atom is -0.335 e. The summed E-state index contributed by atoms with van der Waals surface area (Å²) in [5, 5.41) is 8.94. The summed E-state index contributed by atoms with van der Waals surface area (Å²) in [6.45, 7) is 0.352. The number of benzene rings is 1. The molecule has 0 spiro atoms. The summed E-state index contributed by atoms with van der Waals surface area (Å²) >= 11 is 0. The number of hydrogen-bond acceptors (Lipinski definition) is 4. The van der Waals surface area contributed by atoms with Crippen LogP contribution in [0.5, 0.6) is 0 Å². The lowest BCUT2D eigenvalue weighted by molar-refractivity contribution is -0.138. The molecule has 1 aromatic carbocycles. The van der Waals surface area contributed by atoms with Crippen molar-refractivity contribution in [1.82, 2.24) is 9.80 Å². The van der Waals surface area contributed by atoms with Gasteiger partial charge in [0.2, 0.25) is 5.91 Å². The number of urea groups is 1. The number of alkyl halides is 3. The number of carbonyl (C=O) groups is 3. The van der Waals surface area contributed by atoms with Gasteiger partial charge in [-0.3, -0.25) is 9.59 Å². The summed E-state index contributed by atoms with van der Waals surface area (Å²) in [5.41, 5.74) is -2.00. The molecule has 4 fully saturated rings. The quantitative estimate of drug-likeness (QED) is 0.707. The zero-order valence-corrected chi connectivity index (χ0v) is 15.0. The number of halogens is 3. The Morgan fingerprint density at radius 3 is 2.55 bits per heavy atom. The van der Waals surface area contributed by atoms with Crippen LogP contribution < -0.4 is 4.90 Å². The second kappa shape index (κ2) is 5.72. The Hall–Kier alpha value is -3.09. The topological polar surface area (TPSA) is 84.7 Å². The number of nitriles is 1. The van der Waals surface area contributed by atoms with Crippen LogP contribution in [0.1, 0.15) is 30.4 Å². The molecule has 150 valence electrons. The number of piperazine rings is 1. The number of imide groups is 1. The normalized spacial score (nSPS) is 28.2. The number of nitrogens with zero attached hydrogens (tertiary/aromatic N) is 4. The molecule has 10 heteroatoms. The van der Waals surface area contributed by atoms with Crippen LogP contribution in [0.4, 0.5) is 23.7 Å². The Kier molecular flexibility index (Phi) is 3.54. The highest BCUT2D eigenvalue weighted by atomic mass is 19.4. The van der Waals surface area contributed by atoms with Gasteiger partial charge in [-0.05, 0) is 37.5 Å². The highest BCUT2D eigenvalue weighted by Gasteiger charge is 2.63. The lowest BCUT2D eigenvalue weighted by atomic mass is 10.1.